The minimum Gasteiger partial charge on any atom is -1.00 e. The quantitative estimate of drug-likeness (QED) is 0.372. The van der Waals surface area contributed by atoms with Crippen LogP contribution < -0.4 is 33.2 Å². The van der Waals surface area contributed by atoms with Gasteiger partial charge in [-0.25, -0.2) is 0 Å². The Morgan fingerprint density at radius 3 is 2.71 bits per heavy atom. The van der Waals surface area contributed by atoms with Crippen molar-refractivity contribution >= 4 is 11.7 Å². The number of nitrogens with zero attached hydrogens (tertiary/aromatic N) is 4. The molecule has 2 rings (SSSR count). The lowest BCUT2D eigenvalue weighted by Gasteiger charge is -1.92. The molecule has 0 saturated heterocycles. The van der Waals surface area contributed by atoms with Crippen molar-refractivity contribution in [3.8, 4) is 0 Å². The molecule has 2 aromatic heterocycles. The van der Waals surface area contributed by atoms with E-state index in [4.69, 9.17) is 11.6 Å². The van der Waals surface area contributed by atoms with Crippen molar-refractivity contribution in [1.29, 1.82) is 0 Å². The van der Waals surface area contributed by atoms with Gasteiger partial charge < -0.3 is 28.6 Å². The fraction of sp³-hybridized carbons (Fsp3) is 0.286. The third-order valence-corrected chi connectivity index (χ3v) is 1.88. The summed E-state index contributed by atoms with van der Waals surface area (Å²) in [5.41, 5.74) is 7.39. The molecular formula is C7H11BrN6. The van der Waals surface area contributed by atoms with Gasteiger partial charge >= 0.3 is 11.7 Å². The van der Waals surface area contributed by atoms with Crippen molar-refractivity contribution in [1.82, 2.24) is 14.6 Å². The predicted octanol–water partition coefficient (Wildman–Crippen LogP) is -4.07. The summed E-state index contributed by atoms with van der Waals surface area (Å²) < 4.78 is 2.88. The monoisotopic (exact) mass is 258 g/mol. The van der Waals surface area contributed by atoms with Crippen molar-refractivity contribution in [2.75, 3.05) is 11.6 Å². The number of nitrogen functional groups attached to an aromatic ring is 2. The summed E-state index contributed by atoms with van der Waals surface area (Å²) in [5.74, 6) is 6.42. The highest BCUT2D eigenvalue weighted by atomic mass is 79.9. The van der Waals surface area contributed by atoms with E-state index in [1.165, 1.54) is 4.68 Å². The Morgan fingerprint density at radius 2 is 2.07 bits per heavy atom. The second-order valence-electron chi connectivity index (χ2n) is 2.98. The molecule has 0 aromatic carbocycles. The number of halogens is 1. The van der Waals surface area contributed by atoms with Gasteiger partial charge in [-0.1, -0.05) is 0 Å². The third-order valence-electron chi connectivity index (χ3n) is 1.88. The van der Waals surface area contributed by atoms with Crippen molar-refractivity contribution in [2.45, 2.75) is 13.8 Å². The number of aromatic nitrogens is 4. The Labute approximate surface area is 91.3 Å². The van der Waals surface area contributed by atoms with Crippen LogP contribution in [0.5, 0.6) is 0 Å². The fourth-order valence-electron chi connectivity index (χ4n) is 1.29. The first-order chi connectivity index (χ1) is 6.09. The molecule has 7 heteroatoms. The van der Waals surface area contributed by atoms with Gasteiger partial charge in [0.2, 0.25) is 0 Å². The molecule has 0 spiro atoms. The Morgan fingerprint density at radius 1 is 1.43 bits per heavy atom. The van der Waals surface area contributed by atoms with Crippen LogP contribution >= 0.6 is 0 Å². The van der Waals surface area contributed by atoms with Crippen LogP contribution in [0.1, 0.15) is 11.4 Å². The maximum Gasteiger partial charge on any atom is 0.379 e. The molecule has 76 valence electrons. The first-order valence-corrected chi connectivity index (χ1v) is 3.89. The van der Waals surface area contributed by atoms with E-state index < -0.39 is 0 Å². The summed E-state index contributed by atoms with van der Waals surface area (Å²) in [7, 11) is 0. The molecule has 0 atom stereocenters. The van der Waals surface area contributed by atoms with Gasteiger partial charge in [0.15, 0.2) is 0 Å². The summed E-state index contributed by atoms with van der Waals surface area (Å²) in [6.45, 7) is 3.82. The number of nitrogens with two attached hydrogens (primary N) is 2. The van der Waals surface area contributed by atoms with Gasteiger partial charge in [0.1, 0.15) is 0 Å². The highest BCUT2D eigenvalue weighted by Gasteiger charge is 2.16. The van der Waals surface area contributed by atoms with Crippen LogP contribution in [0.4, 0.5) is 5.95 Å². The number of rotatable bonds is 0. The number of aryl methyl sites for hydroxylation is 2. The summed E-state index contributed by atoms with van der Waals surface area (Å²) >= 11 is 0. The lowest BCUT2D eigenvalue weighted by molar-refractivity contribution is -0.599. The van der Waals surface area contributed by atoms with Crippen LogP contribution in [0.25, 0.3) is 5.78 Å². The molecule has 0 aliphatic rings. The fourth-order valence-corrected chi connectivity index (χ4v) is 1.29. The normalized spacial score (nSPS) is 10.1. The van der Waals surface area contributed by atoms with Crippen molar-refractivity contribution in [3.63, 3.8) is 0 Å². The molecule has 14 heavy (non-hydrogen) atoms. The summed E-state index contributed by atoms with van der Waals surface area (Å²) in [6.07, 6.45) is 0. The molecule has 0 radical (unpaired) electrons. The lowest BCUT2D eigenvalue weighted by Crippen LogP contribution is -3.00. The van der Waals surface area contributed by atoms with E-state index in [0.717, 1.165) is 11.4 Å². The van der Waals surface area contributed by atoms with Gasteiger partial charge in [-0.2, -0.15) is 0 Å². The van der Waals surface area contributed by atoms with Crippen LogP contribution in [0.2, 0.25) is 0 Å². The maximum absolute atomic E-state index is 5.62. The zero-order chi connectivity index (χ0) is 9.59. The molecule has 0 unspecified atom stereocenters. The van der Waals surface area contributed by atoms with Crippen molar-refractivity contribution in [3.05, 3.63) is 17.5 Å². The van der Waals surface area contributed by atoms with Crippen LogP contribution in [-0.4, -0.2) is 14.6 Å². The summed E-state index contributed by atoms with van der Waals surface area (Å²) in [4.78, 5) is 4.22. The second-order valence-corrected chi connectivity index (χ2v) is 2.98. The first-order valence-electron chi connectivity index (χ1n) is 3.89. The molecule has 6 nitrogen and oxygen atoms in total. The zero-order valence-electron chi connectivity index (χ0n) is 7.90. The van der Waals surface area contributed by atoms with Gasteiger partial charge in [-0.15, -0.1) is 14.2 Å². The Bertz CT molecular complexity index is 476. The topological polar surface area (TPSA) is 86.1 Å². The smallest absolute Gasteiger partial charge is 0.379 e. The summed E-state index contributed by atoms with van der Waals surface area (Å²) in [5, 5.41) is 4.02. The van der Waals surface area contributed by atoms with Gasteiger partial charge in [0.25, 0.3) is 0 Å². The minimum atomic E-state index is 0. The standard InChI is InChI=1S/C7H11N6.BrH/c1-4-3-5(2)13-7(10-4)12(9)6(8)11-13;/h3H,9H2,1-2H3,(H2,8,11);1H/q+1;/p-1. The van der Waals surface area contributed by atoms with E-state index in [-0.39, 0.29) is 22.9 Å². The predicted molar refractivity (Wildman–Crippen MR) is 47.2 cm³/mol. The largest absolute Gasteiger partial charge is 1.00 e. The average molecular weight is 259 g/mol. The molecule has 0 aliphatic heterocycles. The van der Waals surface area contributed by atoms with Crippen LogP contribution in [-0.2, 0) is 0 Å². The Hall–Kier alpha value is -1.37. The van der Waals surface area contributed by atoms with E-state index in [0.29, 0.717) is 5.78 Å². The Kier molecular flexibility index (Phi) is 2.61. The van der Waals surface area contributed by atoms with E-state index >= 15 is 0 Å². The molecule has 0 aliphatic carbocycles. The van der Waals surface area contributed by atoms with E-state index in [9.17, 15) is 0 Å². The van der Waals surface area contributed by atoms with Crippen molar-refractivity contribution < 1.29 is 21.7 Å². The number of fused-ring (bicyclic) bond motifs is 1. The van der Waals surface area contributed by atoms with Crippen molar-refractivity contribution in [2.24, 2.45) is 0 Å². The van der Waals surface area contributed by atoms with Crippen LogP contribution in [0.3, 0.4) is 0 Å². The SMILES string of the molecule is Cc1cc(C)n2nc(N)[n+](N)c2n1.[Br-]. The number of anilines is 1. The molecule has 4 N–H and O–H groups in total. The number of hydrogen-bond donors (Lipinski definition) is 2. The minimum absolute atomic E-state index is 0. The first kappa shape index (κ1) is 10.7. The molecular weight excluding hydrogens is 248 g/mol. The molecule has 2 heterocycles. The lowest BCUT2D eigenvalue weighted by atomic mass is 10.4. The molecule has 0 amide bonds. The highest BCUT2D eigenvalue weighted by Crippen LogP contribution is 2.02. The number of hydrogen-bond acceptors (Lipinski definition) is 4. The molecule has 2 aromatic rings. The zero-order valence-corrected chi connectivity index (χ0v) is 9.48. The molecule has 0 bridgehead atoms. The van der Waals surface area contributed by atoms with E-state index in [1.807, 2.05) is 19.9 Å². The maximum atomic E-state index is 5.62. The van der Waals surface area contributed by atoms with Crippen LogP contribution in [0.15, 0.2) is 6.07 Å². The second kappa shape index (κ2) is 3.41. The highest BCUT2D eigenvalue weighted by molar-refractivity contribution is 5.28. The molecule has 0 fully saturated rings. The van der Waals surface area contributed by atoms with Gasteiger partial charge in [-0.05, 0) is 13.8 Å². The van der Waals surface area contributed by atoms with E-state index in [2.05, 4.69) is 10.1 Å². The molecule has 0 saturated carbocycles. The summed E-state index contributed by atoms with van der Waals surface area (Å²) in [6, 6.07) is 1.92. The average Bonchev–Trinajstić information content (AvgIpc) is 2.32. The van der Waals surface area contributed by atoms with Gasteiger partial charge in [0.05, 0.1) is 11.4 Å². The third kappa shape index (κ3) is 1.39. The Balaban J connectivity index is 0.000000980. The van der Waals surface area contributed by atoms with Gasteiger partial charge in [0, 0.05) is 11.2 Å². The van der Waals surface area contributed by atoms with Crippen LogP contribution in [0, 0.1) is 13.8 Å². The van der Waals surface area contributed by atoms with Gasteiger partial charge in [-0.3, -0.25) is 0 Å². The van der Waals surface area contributed by atoms with E-state index in [1.54, 1.807) is 4.52 Å².